The van der Waals surface area contributed by atoms with Gasteiger partial charge in [0.05, 0.1) is 6.61 Å². The van der Waals surface area contributed by atoms with Crippen LogP contribution in [0.1, 0.15) is 30.6 Å². The van der Waals surface area contributed by atoms with Gasteiger partial charge in [0, 0.05) is 5.56 Å². The molecule has 0 aliphatic carbocycles. The minimum absolute atomic E-state index is 0.272. The van der Waals surface area contributed by atoms with Crippen LogP contribution in [0.4, 0.5) is 0 Å². The number of esters is 1. The van der Waals surface area contributed by atoms with E-state index in [1.165, 1.54) is 0 Å². The van der Waals surface area contributed by atoms with Crippen LogP contribution < -0.4 is 5.32 Å². The molecule has 1 rings (SSSR count). The SMILES string of the molecule is CCCOC(=O)[C@@H](C)NC(=O)c1ccccc1. The molecule has 0 aliphatic heterocycles. The zero-order valence-corrected chi connectivity index (χ0v) is 10.1. The van der Waals surface area contributed by atoms with Crippen LogP contribution in [0.5, 0.6) is 0 Å². The van der Waals surface area contributed by atoms with Crippen molar-refractivity contribution < 1.29 is 14.3 Å². The summed E-state index contributed by atoms with van der Waals surface area (Å²) >= 11 is 0. The summed E-state index contributed by atoms with van der Waals surface area (Å²) in [4.78, 5) is 23.1. The lowest BCUT2D eigenvalue weighted by molar-refractivity contribution is -0.145. The van der Waals surface area contributed by atoms with Crippen molar-refractivity contribution in [3.8, 4) is 0 Å². The molecule has 4 heteroatoms. The zero-order chi connectivity index (χ0) is 12.7. The third-order valence-corrected chi connectivity index (χ3v) is 2.19. The quantitative estimate of drug-likeness (QED) is 0.791. The van der Waals surface area contributed by atoms with Gasteiger partial charge in [-0.2, -0.15) is 0 Å². The number of ether oxygens (including phenoxy) is 1. The third-order valence-electron chi connectivity index (χ3n) is 2.19. The Balaban J connectivity index is 2.49. The van der Waals surface area contributed by atoms with Gasteiger partial charge < -0.3 is 10.1 Å². The zero-order valence-electron chi connectivity index (χ0n) is 10.1. The van der Waals surface area contributed by atoms with E-state index in [1.54, 1.807) is 31.2 Å². The molecule has 1 aromatic carbocycles. The van der Waals surface area contributed by atoms with Crippen LogP contribution in [0.2, 0.25) is 0 Å². The molecule has 92 valence electrons. The number of carbonyl (C=O) groups excluding carboxylic acids is 2. The molecule has 1 N–H and O–H groups in total. The van der Waals surface area contributed by atoms with Gasteiger partial charge in [0.25, 0.3) is 5.91 Å². The minimum atomic E-state index is -0.630. The maximum absolute atomic E-state index is 11.7. The first-order chi connectivity index (χ1) is 8.15. The summed E-state index contributed by atoms with van der Waals surface area (Å²) in [5, 5.41) is 2.59. The number of rotatable bonds is 5. The molecular weight excluding hydrogens is 218 g/mol. The Morgan fingerprint density at radius 2 is 1.94 bits per heavy atom. The highest BCUT2D eigenvalue weighted by Crippen LogP contribution is 1.99. The predicted octanol–water partition coefficient (Wildman–Crippen LogP) is 1.76. The normalized spacial score (nSPS) is 11.6. The molecule has 0 spiro atoms. The van der Waals surface area contributed by atoms with Crippen molar-refractivity contribution in [2.45, 2.75) is 26.3 Å². The van der Waals surface area contributed by atoms with Crippen LogP contribution in [-0.2, 0) is 9.53 Å². The topological polar surface area (TPSA) is 55.4 Å². The lowest BCUT2D eigenvalue weighted by Gasteiger charge is -2.12. The van der Waals surface area contributed by atoms with Crippen molar-refractivity contribution in [1.82, 2.24) is 5.32 Å². The molecule has 1 atom stereocenters. The van der Waals surface area contributed by atoms with E-state index in [2.05, 4.69) is 5.32 Å². The molecule has 0 aliphatic rings. The first-order valence-electron chi connectivity index (χ1n) is 5.67. The molecule has 17 heavy (non-hydrogen) atoms. The fourth-order valence-electron chi connectivity index (χ4n) is 1.26. The second kappa shape index (κ2) is 6.68. The minimum Gasteiger partial charge on any atom is -0.464 e. The number of hydrogen-bond acceptors (Lipinski definition) is 3. The Labute approximate surface area is 101 Å². The van der Waals surface area contributed by atoms with E-state index < -0.39 is 12.0 Å². The van der Waals surface area contributed by atoms with Gasteiger partial charge in [-0.25, -0.2) is 4.79 Å². The number of hydrogen-bond donors (Lipinski definition) is 1. The van der Waals surface area contributed by atoms with E-state index >= 15 is 0 Å². The summed E-state index contributed by atoms with van der Waals surface area (Å²) in [7, 11) is 0. The highest BCUT2D eigenvalue weighted by atomic mass is 16.5. The summed E-state index contributed by atoms with van der Waals surface area (Å²) in [6.45, 7) is 3.91. The first kappa shape index (κ1) is 13.2. The van der Waals surface area contributed by atoms with Crippen LogP contribution in [0.3, 0.4) is 0 Å². The van der Waals surface area contributed by atoms with Gasteiger partial charge in [-0.05, 0) is 25.5 Å². The number of carbonyl (C=O) groups is 2. The summed E-state index contributed by atoms with van der Waals surface area (Å²) in [5.74, 6) is -0.678. The van der Waals surface area contributed by atoms with Crippen molar-refractivity contribution in [1.29, 1.82) is 0 Å². The van der Waals surface area contributed by atoms with Gasteiger partial charge in [-0.15, -0.1) is 0 Å². The van der Waals surface area contributed by atoms with Crippen LogP contribution in [0.25, 0.3) is 0 Å². The Bertz CT molecular complexity index is 376. The van der Waals surface area contributed by atoms with Crippen LogP contribution >= 0.6 is 0 Å². The van der Waals surface area contributed by atoms with Crippen molar-refractivity contribution in [3.05, 3.63) is 35.9 Å². The molecule has 1 aromatic rings. The molecule has 0 unspecified atom stereocenters. The fourth-order valence-corrected chi connectivity index (χ4v) is 1.26. The Kier molecular flexibility index (Phi) is 5.20. The van der Waals surface area contributed by atoms with Crippen molar-refractivity contribution >= 4 is 11.9 Å². The highest BCUT2D eigenvalue weighted by Gasteiger charge is 2.17. The molecular formula is C13H17NO3. The second-order valence-corrected chi connectivity index (χ2v) is 3.73. The van der Waals surface area contributed by atoms with Gasteiger partial charge in [-0.3, -0.25) is 4.79 Å². The standard InChI is InChI=1S/C13H17NO3/c1-3-9-17-13(16)10(2)14-12(15)11-7-5-4-6-8-11/h4-8,10H,3,9H2,1-2H3,(H,14,15)/t10-/m1/s1. The molecule has 0 bridgehead atoms. The fraction of sp³-hybridized carbons (Fsp3) is 0.385. The van der Waals surface area contributed by atoms with Crippen LogP contribution in [0.15, 0.2) is 30.3 Å². The van der Waals surface area contributed by atoms with Gasteiger partial charge in [0.2, 0.25) is 0 Å². The molecule has 4 nitrogen and oxygen atoms in total. The van der Waals surface area contributed by atoms with E-state index in [9.17, 15) is 9.59 Å². The number of amides is 1. The first-order valence-corrected chi connectivity index (χ1v) is 5.67. The van der Waals surface area contributed by atoms with Crippen molar-refractivity contribution in [3.63, 3.8) is 0 Å². The maximum atomic E-state index is 11.7. The summed E-state index contributed by atoms with van der Waals surface area (Å²) < 4.78 is 4.94. The predicted molar refractivity (Wildman–Crippen MR) is 64.6 cm³/mol. The van der Waals surface area contributed by atoms with Gasteiger partial charge >= 0.3 is 5.97 Å². The Hall–Kier alpha value is -1.84. The summed E-state index contributed by atoms with van der Waals surface area (Å²) in [6.07, 6.45) is 0.769. The lowest BCUT2D eigenvalue weighted by atomic mass is 10.2. The van der Waals surface area contributed by atoms with Crippen LogP contribution in [-0.4, -0.2) is 24.5 Å². The molecule has 0 saturated heterocycles. The van der Waals surface area contributed by atoms with E-state index in [1.807, 2.05) is 13.0 Å². The molecule has 0 heterocycles. The summed E-state index contributed by atoms with van der Waals surface area (Å²) in [5.41, 5.74) is 0.530. The van der Waals surface area contributed by atoms with Crippen LogP contribution in [0, 0.1) is 0 Å². The Morgan fingerprint density at radius 3 is 2.53 bits per heavy atom. The molecule has 0 fully saturated rings. The van der Waals surface area contributed by atoms with E-state index in [-0.39, 0.29) is 5.91 Å². The van der Waals surface area contributed by atoms with Gasteiger partial charge in [0.15, 0.2) is 0 Å². The van der Waals surface area contributed by atoms with E-state index in [4.69, 9.17) is 4.74 Å². The van der Waals surface area contributed by atoms with Crippen molar-refractivity contribution in [2.75, 3.05) is 6.61 Å². The maximum Gasteiger partial charge on any atom is 0.328 e. The number of benzene rings is 1. The second-order valence-electron chi connectivity index (χ2n) is 3.73. The molecule has 0 saturated carbocycles. The molecule has 0 aromatic heterocycles. The Morgan fingerprint density at radius 1 is 1.29 bits per heavy atom. The lowest BCUT2D eigenvalue weighted by Crippen LogP contribution is -2.39. The third kappa shape index (κ3) is 4.26. The average molecular weight is 235 g/mol. The monoisotopic (exact) mass is 235 g/mol. The van der Waals surface area contributed by atoms with Crippen molar-refractivity contribution in [2.24, 2.45) is 0 Å². The average Bonchev–Trinajstić information content (AvgIpc) is 2.36. The van der Waals surface area contributed by atoms with E-state index in [0.29, 0.717) is 12.2 Å². The van der Waals surface area contributed by atoms with Gasteiger partial charge in [-0.1, -0.05) is 25.1 Å². The molecule has 0 radical (unpaired) electrons. The smallest absolute Gasteiger partial charge is 0.328 e. The largest absolute Gasteiger partial charge is 0.464 e. The molecule has 1 amide bonds. The number of nitrogens with one attached hydrogen (secondary N) is 1. The van der Waals surface area contributed by atoms with Gasteiger partial charge in [0.1, 0.15) is 6.04 Å². The van der Waals surface area contributed by atoms with E-state index in [0.717, 1.165) is 6.42 Å². The summed E-state index contributed by atoms with van der Waals surface area (Å²) in [6, 6.07) is 8.13. The highest BCUT2D eigenvalue weighted by molar-refractivity contribution is 5.96.